The van der Waals surface area contributed by atoms with Crippen molar-refractivity contribution < 1.29 is 18.4 Å². The second kappa shape index (κ2) is 6.45. The molecule has 2 rings (SSSR count). The van der Waals surface area contributed by atoms with E-state index in [0.29, 0.717) is 5.56 Å². The second-order valence-electron chi connectivity index (χ2n) is 4.20. The number of hydrogen-bond donors (Lipinski definition) is 2. The van der Waals surface area contributed by atoms with Gasteiger partial charge in [-0.3, -0.25) is 9.59 Å². The predicted octanol–water partition coefficient (Wildman–Crippen LogP) is 2.41. The molecule has 0 radical (unpaired) electrons. The number of anilines is 2. The summed E-state index contributed by atoms with van der Waals surface area (Å²) in [4.78, 5) is 23.3. The maximum atomic E-state index is 13.4. The molecular formula is C15H9F2N3O2. The van der Waals surface area contributed by atoms with Crippen molar-refractivity contribution in [2.45, 2.75) is 0 Å². The minimum atomic E-state index is -1.23. The summed E-state index contributed by atoms with van der Waals surface area (Å²) >= 11 is 0. The molecule has 0 atom stereocenters. The lowest BCUT2D eigenvalue weighted by Crippen LogP contribution is -2.29. The van der Waals surface area contributed by atoms with Gasteiger partial charge in [-0.1, -0.05) is 12.1 Å². The van der Waals surface area contributed by atoms with Crippen LogP contribution in [0.15, 0.2) is 42.5 Å². The second-order valence-corrected chi connectivity index (χ2v) is 4.20. The SMILES string of the molecule is N#Cc1cccc(NC(=O)C(=O)Nc2c(F)cccc2F)c1. The fourth-order valence-electron chi connectivity index (χ4n) is 1.64. The van der Waals surface area contributed by atoms with E-state index in [0.717, 1.165) is 18.2 Å². The molecule has 0 aliphatic carbocycles. The van der Waals surface area contributed by atoms with E-state index < -0.39 is 29.1 Å². The van der Waals surface area contributed by atoms with Crippen molar-refractivity contribution in [1.29, 1.82) is 5.26 Å². The van der Waals surface area contributed by atoms with Gasteiger partial charge in [-0.25, -0.2) is 8.78 Å². The van der Waals surface area contributed by atoms with Gasteiger partial charge in [0.25, 0.3) is 0 Å². The average Bonchev–Trinajstić information content (AvgIpc) is 2.51. The number of amides is 2. The molecule has 0 aromatic heterocycles. The third-order valence-electron chi connectivity index (χ3n) is 2.66. The van der Waals surface area contributed by atoms with Gasteiger partial charge >= 0.3 is 11.8 Å². The van der Waals surface area contributed by atoms with Crippen LogP contribution in [-0.4, -0.2) is 11.8 Å². The van der Waals surface area contributed by atoms with Gasteiger partial charge in [0.2, 0.25) is 0 Å². The van der Waals surface area contributed by atoms with E-state index >= 15 is 0 Å². The normalized spacial score (nSPS) is 9.68. The molecule has 2 N–H and O–H groups in total. The lowest BCUT2D eigenvalue weighted by molar-refractivity contribution is -0.133. The Morgan fingerprint density at radius 2 is 1.55 bits per heavy atom. The molecule has 2 aromatic rings. The summed E-state index contributed by atoms with van der Waals surface area (Å²) in [5, 5.41) is 12.8. The van der Waals surface area contributed by atoms with Crippen LogP contribution in [0.25, 0.3) is 0 Å². The fourth-order valence-corrected chi connectivity index (χ4v) is 1.64. The van der Waals surface area contributed by atoms with Crippen LogP contribution in [0, 0.1) is 23.0 Å². The number of carbonyl (C=O) groups excluding carboxylic acids is 2. The van der Waals surface area contributed by atoms with Crippen LogP contribution in [0.1, 0.15) is 5.56 Å². The third kappa shape index (κ3) is 3.43. The standard InChI is InChI=1S/C15H9F2N3O2/c16-11-5-2-6-12(17)13(11)20-15(22)14(21)19-10-4-1-3-9(7-10)8-18/h1-7H,(H,19,21)(H,20,22). The minimum absolute atomic E-state index is 0.216. The summed E-state index contributed by atoms with van der Waals surface area (Å²) in [5.41, 5.74) is -0.194. The van der Waals surface area contributed by atoms with Gasteiger partial charge in [0.05, 0.1) is 11.6 Å². The first-order valence-electron chi connectivity index (χ1n) is 6.08. The Labute approximate surface area is 124 Å². The fraction of sp³-hybridized carbons (Fsp3) is 0. The van der Waals surface area contributed by atoms with E-state index in [-0.39, 0.29) is 5.69 Å². The summed E-state index contributed by atoms with van der Waals surface area (Å²) < 4.78 is 26.8. The largest absolute Gasteiger partial charge is 0.318 e. The number of nitriles is 1. The van der Waals surface area contributed by atoms with Crippen molar-refractivity contribution in [3.63, 3.8) is 0 Å². The summed E-state index contributed by atoms with van der Waals surface area (Å²) in [7, 11) is 0. The van der Waals surface area contributed by atoms with E-state index in [1.807, 2.05) is 11.4 Å². The Hall–Kier alpha value is -3.27. The zero-order valence-corrected chi connectivity index (χ0v) is 11.1. The van der Waals surface area contributed by atoms with Gasteiger partial charge in [0.1, 0.15) is 17.3 Å². The van der Waals surface area contributed by atoms with Gasteiger partial charge in [0, 0.05) is 5.69 Å². The van der Waals surface area contributed by atoms with Crippen molar-refractivity contribution in [3.05, 3.63) is 59.7 Å². The van der Waals surface area contributed by atoms with Crippen LogP contribution >= 0.6 is 0 Å². The highest BCUT2D eigenvalue weighted by Gasteiger charge is 2.18. The van der Waals surface area contributed by atoms with Crippen molar-refractivity contribution in [2.75, 3.05) is 10.6 Å². The Bertz CT molecular complexity index is 764. The summed E-state index contributed by atoms with van der Waals surface area (Å²) in [6, 6.07) is 10.8. The minimum Gasteiger partial charge on any atom is -0.318 e. The first-order valence-corrected chi connectivity index (χ1v) is 6.08. The zero-order valence-electron chi connectivity index (χ0n) is 11.1. The van der Waals surface area contributed by atoms with Gasteiger partial charge in [-0.15, -0.1) is 0 Å². The highest BCUT2D eigenvalue weighted by atomic mass is 19.1. The Kier molecular flexibility index (Phi) is 4.44. The number of rotatable bonds is 2. The molecule has 0 saturated heterocycles. The monoisotopic (exact) mass is 301 g/mol. The number of nitrogens with zero attached hydrogens (tertiary/aromatic N) is 1. The van der Waals surface area contributed by atoms with E-state index in [4.69, 9.17) is 5.26 Å². The lowest BCUT2D eigenvalue weighted by Gasteiger charge is -2.08. The topological polar surface area (TPSA) is 82.0 Å². The van der Waals surface area contributed by atoms with Crippen molar-refractivity contribution in [1.82, 2.24) is 0 Å². The van der Waals surface area contributed by atoms with E-state index in [9.17, 15) is 18.4 Å². The van der Waals surface area contributed by atoms with E-state index in [1.54, 1.807) is 0 Å². The maximum Gasteiger partial charge on any atom is 0.314 e. The molecule has 0 unspecified atom stereocenters. The number of halogens is 2. The number of benzene rings is 2. The first-order chi connectivity index (χ1) is 10.5. The molecule has 0 aliphatic rings. The van der Waals surface area contributed by atoms with Crippen molar-refractivity contribution in [2.24, 2.45) is 0 Å². The van der Waals surface area contributed by atoms with Crippen LogP contribution in [0.2, 0.25) is 0 Å². The molecule has 22 heavy (non-hydrogen) atoms. The van der Waals surface area contributed by atoms with Crippen molar-refractivity contribution in [3.8, 4) is 6.07 Å². The third-order valence-corrected chi connectivity index (χ3v) is 2.66. The number of carbonyl (C=O) groups is 2. The summed E-state index contributed by atoms with van der Waals surface area (Å²) in [6.45, 7) is 0. The van der Waals surface area contributed by atoms with Crippen LogP contribution in [-0.2, 0) is 9.59 Å². The molecule has 7 heteroatoms. The zero-order chi connectivity index (χ0) is 16.1. The number of hydrogen-bond acceptors (Lipinski definition) is 3. The smallest absolute Gasteiger partial charge is 0.314 e. The molecule has 0 heterocycles. The molecule has 2 aromatic carbocycles. The van der Waals surface area contributed by atoms with Crippen LogP contribution in [0.5, 0.6) is 0 Å². The molecule has 0 saturated carbocycles. The number of nitrogens with one attached hydrogen (secondary N) is 2. The highest BCUT2D eigenvalue weighted by molar-refractivity contribution is 6.43. The lowest BCUT2D eigenvalue weighted by atomic mass is 10.2. The molecular weight excluding hydrogens is 292 g/mol. The predicted molar refractivity (Wildman–Crippen MR) is 74.8 cm³/mol. The molecule has 5 nitrogen and oxygen atoms in total. The Morgan fingerprint density at radius 1 is 0.955 bits per heavy atom. The Morgan fingerprint density at radius 3 is 2.18 bits per heavy atom. The highest BCUT2D eigenvalue weighted by Crippen LogP contribution is 2.18. The quantitative estimate of drug-likeness (QED) is 0.836. The van der Waals surface area contributed by atoms with Crippen molar-refractivity contribution >= 4 is 23.2 Å². The van der Waals surface area contributed by atoms with Gasteiger partial charge in [0.15, 0.2) is 0 Å². The van der Waals surface area contributed by atoms with Crippen LogP contribution < -0.4 is 10.6 Å². The average molecular weight is 301 g/mol. The van der Waals surface area contributed by atoms with Gasteiger partial charge < -0.3 is 10.6 Å². The molecule has 2 amide bonds. The summed E-state index contributed by atoms with van der Waals surface area (Å²) in [5.74, 6) is -4.33. The van der Waals surface area contributed by atoms with Gasteiger partial charge in [-0.05, 0) is 30.3 Å². The molecule has 0 fully saturated rings. The molecule has 0 aliphatic heterocycles. The maximum absolute atomic E-state index is 13.4. The van der Waals surface area contributed by atoms with E-state index in [1.165, 1.54) is 24.3 Å². The first kappa shape index (κ1) is 15.1. The summed E-state index contributed by atoms with van der Waals surface area (Å²) in [6.07, 6.45) is 0. The van der Waals surface area contributed by atoms with Gasteiger partial charge in [-0.2, -0.15) is 5.26 Å². The Balaban J connectivity index is 2.10. The molecule has 0 spiro atoms. The molecule has 0 bridgehead atoms. The van der Waals surface area contributed by atoms with E-state index in [2.05, 4.69) is 5.32 Å². The number of para-hydroxylation sites is 1. The molecule has 110 valence electrons. The van der Waals surface area contributed by atoms with Crippen LogP contribution in [0.4, 0.5) is 20.2 Å². The van der Waals surface area contributed by atoms with Crippen LogP contribution in [0.3, 0.4) is 0 Å².